The first-order valence-electron chi connectivity index (χ1n) is 2.91. The number of rotatable bonds is 2. The molecule has 0 aliphatic rings. The number of amides is 1. The lowest BCUT2D eigenvalue weighted by Gasteiger charge is -2.26. The van der Waals surface area contributed by atoms with Crippen LogP contribution in [-0.2, 0) is 4.79 Å². The lowest BCUT2D eigenvalue weighted by Crippen LogP contribution is -2.61. The van der Waals surface area contributed by atoms with E-state index in [1.165, 1.54) is 0 Å². The Morgan fingerprint density at radius 3 is 1.82 bits per heavy atom. The van der Waals surface area contributed by atoms with Gasteiger partial charge >= 0.3 is 6.18 Å². The van der Waals surface area contributed by atoms with E-state index in [2.05, 4.69) is 5.73 Å². The Kier molecular flexibility index (Phi) is 2.50. The highest BCUT2D eigenvalue weighted by Crippen LogP contribution is 2.30. The normalized spacial score (nSPS) is 17.5. The molecule has 0 bridgehead atoms. The van der Waals surface area contributed by atoms with Crippen molar-refractivity contribution in [1.82, 2.24) is 0 Å². The number of halogens is 3. The molecule has 0 aromatic rings. The van der Waals surface area contributed by atoms with Crippen LogP contribution in [0.4, 0.5) is 13.2 Å². The molecule has 0 aliphatic carbocycles. The fourth-order valence-electron chi connectivity index (χ4n) is 0.514. The minimum Gasteiger partial charge on any atom is -0.368 e. The van der Waals surface area contributed by atoms with Crippen LogP contribution in [0.1, 0.15) is 13.3 Å². The first-order valence-corrected chi connectivity index (χ1v) is 2.91. The standard InChI is InChI=1S/C5H9F3N2O/c1-2-4(10,3(9)11)5(6,7)8/h2,10H2,1H3,(H2,9,11). The van der Waals surface area contributed by atoms with Gasteiger partial charge in [-0.15, -0.1) is 0 Å². The Morgan fingerprint density at radius 1 is 1.45 bits per heavy atom. The molecule has 0 aromatic carbocycles. The molecule has 0 saturated carbocycles. The van der Waals surface area contributed by atoms with Gasteiger partial charge in [0.05, 0.1) is 0 Å². The Bertz CT molecular complexity index is 168. The van der Waals surface area contributed by atoms with Crippen molar-refractivity contribution in [3.63, 3.8) is 0 Å². The quantitative estimate of drug-likeness (QED) is 0.618. The Balaban J connectivity index is 4.75. The van der Waals surface area contributed by atoms with Crippen molar-refractivity contribution in [2.24, 2.45) is 11.5 Å². The van der Waals surface area contributed by atoms with Gasteiger partial charge in [-0.05, 0) is 6.42 Å². The number of hydrogen-bond donors (Lipinski definition) is 2. The largest absolute Gasteiger partial charge is 0.415 e. The van der Waals surface area contributed by atoms with E-state index in [1.807, 2.05) is 0 Å². The lowest BCUT2D eigenvalue weighted by molar-refractivity contribution is -0.190. The topological polar surface area (TPSA) is 69.1 Å². The zero-order chi connectivity index (χ0) is 9.28. The van der Waals surface area contributed by atoms with Crippen LogP contribution < -0.4 is 11.5 Å². The van der Waals surface area contributed by atoms with E-state index in [4.69, 9.17) is 5.73 Å². The van der Waals surface area contributed by atoms with Crippen LogP contribution in [-0.4, -0.2) is 17.6 Å². The van der Waals surface area contributed by atoms with Gasteiger partial charge in [0.15, 0.2) is 5.54 Å². The average Bonchev–Trinajstić information content (AvgIpc) is 1.83. The zero-order valence-electron chi connectivity index (χ0n) is 5.90. The van der Waals surface area contributed by atoms with Crippen molar-refractivity contribution in [2.45, 2.75) is 25.1 Å². The summed E-state index contributed by atoms with van der Waals surface area (Å²) in [5, 5.41) is 0. The van der Waals surface area contributed by atoms with Gasteiger partial charge in [0.2, 0.25) is 5.91 Å². The summed E-state index contributed by atoms with van der Waals surface area (Å²) in [7, 11) is 0. The number of nitrogens with two attached hydrogens (primary N) is 2. The van der Waals surface area contributed by atoms with Gasteiger partial charge in [-0.3, -0.25) is 4.79 Å². The van der Waals surface area contributed by atoms with Crippen LogP contribution in [0.5, 0.6) is 0 Å². The van der Waals surface area contributed by atoms with E-state index in [9.17, 15) is 18.0 Å². The minimum atomic E-state index is -4.77. The maximum atomic E-state index is 11.9. The number of primary amides is 1. The SMILES string of the molecule is CCC(N)(C(N)=O)C(F)(F)F. The third-order valence-electron chi connectivity index (χ3n) is 1.50. The van der Waals surface area contributed by atoms with Crippen molar-refractivity contribution in [3.8, 4) is 0 Å². The first-order chi connectivity index (χ1) is 4.75. The summed E-state index contributed by atoms with van der Waals surface area (Å²) < 4.78 is 35.8. The second kappa shape index (κ2) is 2.69. The van der Waals surface area contributed by atoms with Crippen LogP contribution in [0.3, 0.4) is 0 Å². The number of hydrogen-bond acceptors (Lipinski definition) is 2. The molecule has 4 N–H and O–H groups in total. The first kappa shape index (κ1) is 10.2. The maximum absolute atomic E-state index is 11.9. The number of carbonyl (C=O) groups excluding carboxylic acids is 1. The predicted octanol–water partition coefficient (Wildman–Crippen LogP) is 0.141. The summed E-state index contributed by atoms with van der Waals surface area (Å²) in [6, 6.07) is 0. The molecule has 0 saturated heterocycles. The summed E-state index contributed by atoms with van der Waals surface area (Å²) in [6.07, 6.45) is -5.32. The van der Waals surface area contributed by atoms with E-state index >= 15 is 0 Å². The van der Waals surface area contributed by atoms with E-state index in [0.29, 0.717) is 0 Å². The zero-order valence-corrected chi connectivity index (χ0v) is 5.90. The van der Waals surface area contributed by atoms with Crippen molar-refractivity contribution in [2.75, 3.05) is 0 Å². The summed E-state index contributed by atoms with van der Waals surface area (Å²) in [4.78, 5) is 10.3. The summed E-state index contributed by atoms with van der Waals surface area (Å²) in [5.41, 5.74) is 6.32. The van der Waals surface area contributed by atoms with Crippen LogP contribution in [0.15, 0.2) is 0 Å². The molecule has 0 heterocycles. The Morgan fingerprint density at radius 2 is 1.82 bits per heavy atom. The van der Waals surface area contributed by atoms with Crippen LogP contribution >= 0.6 is 0 Å². The van der Waals surface area contributed by atoms with Gasteiger partial charge in [-0.25, -0.2) is 0 Å². The fourth-order valence-corrected chi connectivity index (χ4v) is 0.514. The van der Waals surface area contributed by atoms with Gasteiger partial charge in [-0.1, -0.05) is 6.92 Å². The van der Waals surface area contributed by atoms with Gasteiger partial charge in [0.25, 0.3) is 0 Å². The molecule has 0 aliphatic heterocycles. The second-order valence-corrected chi connectivity index (χ2v) is 2.19. The van der Waals surface area contributed by atoms with Crippen LogP contribution in [0.25, 0.3) is 0 Å². The molecule has 11 heavy (non-hydrogen) atoms. The van der Waals surface area contributed by atoms with Gasteiger partial charge in [-0.2, -0.15) is 13.2 Å². The molecule has 0 radical (unpaired) electrons. The molecule has 0 spiro atoms. The molecule has 1 unspecified atom stereocenters. The van der Waals surface area contributed by atoms with Crippen molar-refractivity contribution >= 4 is 5.91 Å². The van der Waals surface area contributed by atoms with Crippen LogP contribution in [0, 0.1) is 0 Å². The molecule has 1 atom stereocenters. The minimum absolute atomic E-state index is 0.550. The highest BCUT2D eigenvalue weighted by molar-refractivity contribution is 5.85. The second-order valence-electron chi connectivity index (χ2n) is 2.19. The van der Waals surface area contributed by atoms with Crippen molar-refractivity contribution in [1.29, 1.82) is 0 Å². The van der Waals surface area contributed by atoms with E-state index in [1.54, 1.807) is 0 Å². The third kappa shape index (κ3) is 1.62. The molecule has 0 aromatic heterocycles. The summed E-state index contributed by atoms with van der Waals surface area (Å²) >= 11 is 0. The molecule has 0 rings (SSSR count). The highest BCUT2D eigenvalue weighted by atomic mass is 19.4. The molecule has 3 nitrogen and oxygen atoms in total. The smallest absolute Gasteiger partial charge is 0.368 e. The average molecular weight is 170 g/mol. The molecular formula is C5H9F3N2O. The molecule has 6 heteroatoms. The third-order valence-corrected chi connectivity index (χ3v) is 1.50. The van der Waals surface area contributed by atoms with E-state index in [-0.39, 0.29) is 0 Å². The van der Waals surface area contributed by atoms with Crippen molar-refractivity contribution in [3.05, 3.63) is 0 Å². The molecule has 1 amide bonds. The lowest BCUT2D eigenvalue weighted by atomic mass is 9.96. The molecule has 66 valence electrons. The molecular weight excluding hydrogens is 161 g/mol. The Hall–Kier alpha value is -0.780. The monoisotopic (exact) mass is 170 g/mol. The van der Waals surface area contributed by atoms with E-state index in [0.717, 1.165) is 6.92 Å². The summed E-state index contributed by atoms with van der Waals surface area (Å²) in [6.45, 7) is 1.15. The van der Waals surface area contributed by atoms with Gasteiger partial charge in [0, 0.05) is 0 Å². The predicted molar refractivity (Wildman–Crippen MR) is 32.5 cm³/mol. The van der Waals surface area contributed by atoms with Crippen LogP contribution in [0.2, 0.25) is 0 Å². The fraction of sp³-hybridized carbons (Fsp3) is 0.800. The van der Waals surface area contributed by atoms with Gasteiger partial charge in [0.1, 0.15) is 0 Å². The maximum Gasteiger partial charge on any atom is 0.415 e. The van der Waals surface area contributed by atoms with Gasteiger partial charge < -0.3 is 11.5 Å². The highest BCUT2D eigenvalue weighted by Gasteiger charge is 2.55. The number of carbonyl (C=O) groups is 1. The Labute approximate surface area is 61.5 Å². The molecule has 0 fully saturated rings. The van der Waals surface area contributed by atoms with Crippen molar-refractivity contribution < 1.29 is 18.0 Å². The number of alkyl halides is 3. The van der Waals surface area contributed by atoms with E-state index < -0.39 is 24.0 Å². The summed E-state index contributed by atoms with van der Waals surface area (Å²) in [5.74, 6) is -1.55.